The second-order valence-electron chi connectivity index (χ2n) is 22.5. The van der Waals surface area contributed by atoms with Gasteiger partial charge in [-0.3, -0.25) is 0 Å². The zero-order chi connectivity index (χ0) is 52.2. The number of allylic oxidation sites excluding steroid dienone is 1. The quantitative estimate of drug-likeness (QED) is 0.166. The van der Waals surface area contributed by atoms with Crippen LogP contribution in [0.4, 0.5) is 34.1 Å². The Morgan fingerprint density at radius 3 is 1.78 bits per heavy atom. The maximum absolute atomic E-state index is 7.15. The Kier molecular flexibility index (Phi) is 9.62. The molecule has 0 saturated heterocycles. The van der Waals surface area contributed by atoms with Crippen molar-refractivity contribution < 1.29 is 8.83 Å². The molecule has 0 bridgehead atoms. The van der Waals surface area contributed by atoms with Gasteiger partial charge < -0.3 is 18.6 Å². The van der Waals surface area contributed by atoms with Gasteiger partial charge >= 0.3 is 0 Å². The SMILES string of the molecule is Cc1ccc(N(c2ccc3c(c2)C2(c4ccccc4C(C)(C)c4ccccc42)c2cc(N(c4ccc(C)cc4)c4cccc5c6c(oc45)CC(C)C=C6)c4c(sc5ccccc54)c2-3)c2cccc3c2oc2ccccc23)cc1. The first-order valence-electron chi connectivity index (χ1n) is 27.4. The van der Waals surface area contributed by atoms with Gasteiger partial charge in [0.2, 0.25) is 0 Å². The first-order valence-corrected chi connectivity index (χ1v) is 28.2. The van der Waals surface area contributed by atoms with E-state index in [4.69, 9.17) is 8.83 Å². The molecule has 0 saturated carbocycles. The Labute approximate surface area is 457 Å². The largest absolute Gasteiger partial charge is 0.458 e. The van der Waals surface area contributed by atoms with Gasteiger partial charge in [-0.2, -0.15) is 0 Å². The minimum Gasteiger partial charge on any atom is -0.458 e. The number of furan rings is 2. The molecule has 13 aromatic rings. The Balaban J connectivity index is 1.05. The molecule has 16 rings (SSSR count). The summed E-state index contributed by atoms with van der Waals surface area (Å²) in [6.45, 7) is 11.4. The summed E-state index contributed by atoms with van der Waals surface area (Å²) in [4.78, 5) is 4.94. The third-order valence-corrected chi connectivity index (χ3v) is 18.8. The number of hydrogen-bond acceptors (Lipinski definition) is 5. The molecular weight excluding hydrogens is 969 g/mol. The molecule has 3 aliphatic carbocycles. The van der Waals surface area contributed by atoms with E-state index in [9.17, 15) is 0 Å². The van der Waals surface area contributed by atoms with Crippen molar-refractivity contribution in [1.82, 2.24) is 0 Å². The lowest BCUT2D eigenvalue weighted by Crippen LogP contribution is -2.40. The van der Waals surface area contributed by atoms with Crippen LogP contribution in [-0.2, 0) is 17.3 Å². The van der Waals surface area contributed by atoms with Gasteiger partial charge in [-0.25, -0.2) is 0 Å². The highest BCUT2D eigenvalue weighted by atomic mass is 32.1. The number of rotatable bonds is 6. The lowest BCUT2D eigenvalue weighted by atomic mass is 9.55. The summed E-state index contributed by atoms with van der Waals surface area (Å²) < 4.78 is 16.6. The van der Waals surface area contributed by atoms with Crippen LogP contribution in [0.2, 0.25) is 0 Å². The van der Waals surface area contributed by atoms with Gasteiger partial charge in [0.25, 0.3) is 0 Å². The monoisotopic (exact) mass is 1020 g/mol. The summed E-state index contributed by atoms with van der Waals surface area (Å²) >= 11 is 1.92. The molecule has 0 N–H and O–H groups in total. The summed E-state index contributed by atoms with van der Waals surface area (Å²) in [5, 5.41) is 5.82. The maximum Gasteiger partial charge on any atom is 0.159 e. The van der Waals surface area contributed by atoms with Crippen molar-refractivity contribution in [3.05, 3.63) is 268 Å². The number of para-hydroxylation sites is 3. The molecule has 0 aliphatic heterocycles. The lowest BCUT2D eigenvalue weighted by Gasteiger charge is -2.47. The molecule has 0 amide bonds. The normalized spacial score (nSPS) is 15.5. The number of anilines is 6. The smallest absolute Gasteiger partial charge is 0.159 e. The highest BCUT2D eigenvalue weighted by Gasteiger charge is 2.54. The molecular formula is C73H54N2O2S. The minimum atomic E-state index is -0.748. The Morgan fingerprint density at radius 1 is 0.487 bits per heavy atom. The summed E-state index contributed by atoms with van der Waals surface area (Å²) in [7, 11) is 0. The summed E-state index contributed by atoms with van der Waals surface area (Å²) in [6, 6.07) is 77.3. The Bertz CT molecular complexity index is 4630. The molecule has 3 aliphatic rings. The van der Waals surface area contributed by atoms with Gasteiger partial charge in [-0.05, 0) is 125 Å². The number of benzene rings is 10. The number of aryl methyl sites for hydroxylation is 2. The first-order chi connectivity index (χ1) is 38.2. The van der Waals surface area contributed by atoms with Crippen molar-refractivity contribution in [3.8, 4) is 11.1 Å². The summed E-state index contributed by atoms with van der Waals surface area (Å²) in [6.07, 6.45) is 5.47. The van der Waals surface area contributed by atoms with Crippen LogP contribution < -0.4 is 9.80 Å². The van der Waals surface area contributed by atoms with Gasteiger partial charge in [-0.15, -0.1) is 11.3 Å². The van der Waals surface area contributed by atoms with E-state index in [2.05, 4.69) is 263 Å². The van der Waals surface area contributed by atoms with Gasteiger partial charge in [0.05, 0.1) is 22.5 Å². The molecule has 1 spiro atoms. The predicted octanol–water partition coefficient (Wildman–Crippen LogP) is 20.5. The molecule has 0 fully saturated rings. The van der Waals surface area contributed by atoms with Gasteiger partial charge in [0.15, 0.2) is 11.2 Å². The zero-order valence-corrected chi connectivity index (χ0v) is 45.0. The van der Waals surface area contributed by atoms with E-state index < -0.39 is 5.41 Å². The fraction of sp³-hybridized carbons (Fsp3) is 0.123. The number of nitrogens with zero attached hydrogens (tertiary/aromatic N) is 2. The molecule has 1 atom stereocenters. The summed E-state index contributed by atoms with van der Waals surface area (Å²) in [5.74, 6) is 1.45. The summed E-state index contributed by atoms with van der Waals surface area (Å²) in [5.41, 5.74) is 21.9. The minimum absolute atomic E-state index is 0.289. The highest BCUT2D eigenvalue weighted by Crippen LogP contribution is 2.66. The lowest BCUT2D eigenvalue weighted by molar-refractivity contribution is 0.513. The second-order valence-corrected chi connectivity index (χ2v) is 23.6. The molecule has 374 valence electrons. The van der Waals surface area contributed by atoms with Crippen LogP contribution in [0.1, 0.15) is 76.6 Å². The van der Waals surface area contributed by atoms with E-state index >= 15 is 0 Å². The highest BCUT2D eigenvalue weighted by molar-refractivity contribution is 7.26. The van der Waals surface area contributed by atoms with Gasteiger partial charge in [0, 0.05) is 76.4 Å². The van der Waals surface area contributed by atoms with Crippen molar-refractivity contribution in [2.45, 2.75) is 51.9 Å². The van der Waals surface area contributed by atoms with Crippen molar-refractivity contribution in [3.63, 3.8) is 0 Å². The standard InChI is InChI=1S/C73H54N2O2S/c1-43-28-33-46(34-29-43)74(61-24-14-18-51-49-16-6-12-26-64(49)76-69(51)61)48-37-39-53-59(41-48)73(57-22-10-8-20-55(57)72(4,5)56-21-9-11-23-58(56)73)60-42-63(68-54-17-7-13-27-66(54)78-71(68)67(53)60)75(47-35-30-44(2)31-36-47)62-25-15-19-52-50-38-32-45(3)40-65(50)77-70(52)62/h6-39,41-42,45H,40H2,1-5H3. The van der Waals surface area contributed by atoms with E-state index in [0.29, 0.717) is 5.92 Å². The van der Waals surface area contributed by atoms with Crippen molar-refractivity contribution in [2.24, 2.45) is 5.92 Å². The Hall–Kier alpha value is -8.90. The van der Waals surface area contributed by atoms with Crippen LogP contribution in [0.3, 0.4) is 0 Å². The average molecular weight is 1020 g/mol. The number of hydrogen-bond donors (Lipinski definition) is 0. The maximum atomic E-state index is 7.15. The molecule has 10 aromatic carbocycles. The topological polar surface area (TPSA) is 32.8 Å². The van der Waals surface area contributed by atoms with E-state index in [1.54, 1.807) is 0 Å². The van der Waals surface area contributed by atoms with Gasteiger partial charge in [0.1, 0.15) is 11.3 Å². The van der Waals surface area contributed by atoms with E-state index in [1.807, 2.05) is 11.3 Å². The third-order valence-electron chi connectivity index (χ3n) is 17.6. The van der Waals surface area contributed by atoms with E-state index in [1.165, 1.54) is 81.4 Å². The number of fused-ring (bicyclic) bond motifs is 19. The number of thiophene rings is 1. The fourth-order valence-corrected chi connectivity index (χ4v) is 15.3. The van der Waals surface area contributed by atoms with Crippen LogP contribution >= 0.6 is 11.3 Å². The average Bonchev–Trinajstić information content (AvgIpc) is 2.14. The molecule has 4 nitrogen and oxygen atoms in total. The van der Waals surface area contributed by atoms with Crippen molar-refractivity contribution in [1.29, 1.82) is 0 Å². The predicted molar refractivity (Wildman–Crippen MR) is 327 cm³/mol. The molecule has 0 radical (unpaired) electrons. The zero-order valence-electron chi connectivity index (χ0n) is 44.2. The third kappa shape index (κ3) is 6.22. The molecule has 3 aromatic heterocycles. The van der Waals surface area contributed by atoms with Crippen LogP contribution in [0.15, 0.2) is 221 Å². The van der Waals surface area contributed by atoms with Crippen molar-refractivity contribution in [2.75, 3.05) is 9.80 Å². The van der Waals surface area contributed by atoms with Crippen LogP contribution in [0.5, 0.6) is 0 Å². The second kappa shape index (κ2) is 16.6. The van der Waals surface area contributed by atoms with E-state index in [-0.39, 0.29) is 5.41 Å². The van der Waals surface area contributed by atoms with Gasteiger partial charge in [-0.1, -0.05) is 184 Å². The molecule has 3 heterocycles. The molecule has 1 unspecified atom stereocenters. The van der Waals surface area contributed by atoms with Crippen LogP contribution in [0, 0.1) is 19.8 Å². The molecule has 5 heteroatoms. The van der Waals surface area contributed by atoms with Crippen LogP contribution in [-0.4, -0.2) is 0 Å². The van der Waals surface area contributed by atoms with Crippen LogP contribution in [0.25, 0.3) is 70.3 Å². The Morgan fingerprint density at radius 2 is 1.06 bits per heavy atom. The molecule has 78 heavy (non-hydrogen) atoms. The first kappa shape index (κ1) is 45.3. The fourth-order valence-electron chi connectivity index (χ4n) is 14.0. The van der Waals surface area contributed by atoms with Crippen molar-refractivity contribution >= 4 is 105 Å². The van der Waals surface area contributed by atoms with E-state index in [0.717, 1.165) is 79.2 Å².